The highest BCUT2D eigenvalue weighted by Gasteiger charge is 2.24. The molecule has 1 aromatic rings. The third-order valence-corrected chi connectivity index (χ3v) is 3.86. The van der Waals surface area contributed by atoms with Gasteiger partial charge in [-0.2, -0.15) is 0 Å². The minimum Gasteiger partial charge on any atom is -0.314 e. The van der Waals surface area contributed by atoms with Crippen LogP contribution in [-0.2, 0) is 6.54 Å². The number of nitrogens with one attached hydrogen (secondary N) is 1. The van der Waals surface area contributed by atoms with Gasteiger partial charge in [0.1, 0.15) is 5.82 Å². The molecule has 1 aromatic heterocycles. The fraction of sp³-hybridized carbons (Fsp3) is 0.714. The minimum absolute atomic E-state index is 0.808. The molecule has 1 saturated carbocycles. The van der Waals surface area contributed by atoms with E-state index in [1.807, 2.05) is 18.5 Å². The Balaban J connectivity index is 1.47. The van der Waals surface area contributed by atoms with Crippen LogP contribution in [0, 0.1) is 5.92 Å². The lowest BCUT2D eigenvalue weighted by Gasteiger charge is -2.32. The maximum atomic E-state index is 4.31. The molecule has 2 fully saturated rings. The Morgan fingerprint density at radius 3 is 2.83 bits per heavy atom. The quantitative estimate of drug-likeness (QED) is 0.853. The Hall–Kier alpha value is -1.00. The van der Waals surface area contributed by atoms with Crippen LogP contribution in [-0.4, -0.2) is 40.5 Å². The van der Waals surface area contributed by atoms with E-state index in [1.54, 1.807) is 0 Å². The average Bonchev–Trinajstić information content (AvgIpc) is 3.22. The first-order valence-corrected chi connectivity index (χ1v) is 7.12. The number of nitrogens with zero attached hydrogens (tertiary/aromatic N) is 3. The molecule has 0 amide bonds. The molecule has 98 valence electrons. The molecule has 4 nitrogen and oxygen atoms in total. The SMILES string of the molecule is c1cnc(CN2CCCC(CNC3CC3)C2)nc1. The number of piperidine rings is 1. The molecule has 1 aliphatic carbocycles. The Morgan fingerprint density at radius 1 is 1.22 bits per heavy atom. The maximum absolute atomic E-state index is 4.31. The second-order valence-corrected chi connectivity index (χ2v) is 5.59. The van der Waals surface area contributed by atoms with Crippen LogP contribution >= 0.6 is 0 Å². The molecule has 0 aromatic carbocycles. The average molecular weight is 246 g/mol. The van der Waals surface area contributed by atoms with Crippen LogP contribution in [0.1, 0.15) is 31.5 Å². The summed E-state index contributed by atoms with van der Waals surface area (Å²) in [6.45, 7) is 4.48. The summed E-state index contributed by atoms with van der Waals surface area (Å²) in [5.41, 5.74) is 0. The van der Waals surface area contributed by atoms with Crippen LogP contribution in [0.25, 0.3) is 0 Å². The van der Waals surface area contributed by atoms with Crippen molar-refractivity contribution in [2.24, 2.45) is 5.92 Å². The van der Waals surface area contributed by atoms with Gasteiger partial charge in [-0.1, -0.05) is 0 Å². The second-order valence-electron chi connectivity index (χ2n) is 5.59. The van der Waals surface area contributed by atoms with Crippen molar-refractivity contribution in [1.82, 2.24) is 20.2 Å². The summed E-state index contributed by atoms with van der Waals surface area (Å²) in [4.78, 5) is 11.1. The Labute approximate surface area is 109 Å². The van der Waals surface area contributed by atoms with Crippen molar-refractivity contribution >= 4 is 0 Å². The molecule has 1 N–H and O–H groups in total. The fourth-order valence-corrected chi connectivity index (χ4v) is 2.69. The second kappa shape index (κ2) is 5.76. The van der Waals surface area contributed by atoms with Crippen LogP contribution in [0.5, 0.6) is 0 Å². The lowest BCUT2D eigenvalue weighted by atomic mass is 9.98. The summed E-state index contributed by atoms with van der Waals surface area (Å²) in [5, 5.41) is 3.65. The summed E-state index contributed by atoms with van der Waals surface area (Å²) in [5.74, 6) is 1.76. The van der Waals surface area contributed by atoms with E-state index in [9.17, 15) is 0 Å². The van der Waals surface area contributed by atoms with Crippen molar-refractivity contribution in [2.45, 2.75) is 38.3 Å². The van der Waals surface area contributed by atoms with Gasteiger partial charge in [-0.25, -0.2) is 9.97 Å². The van der Waals surface area contributed by atoms with Gasteiger partial charge in [0.2, 0.25) is 0 Å². The zero-order valence-electron chi connectivity index (χ0n) is 10.9. The molecule has 0 radical (unpaired) electrons. The van der Waals surface area contributed by atoms with Crippen molar-refractivity contribution in [2.75, 3.05) is 19.6 Å². The lowest BCUT2D eigenvalue weighted by molar-refractivity contribution is 0.161. The first-order chi connectivity index (χ1) is 8.90. The van der Waals surface area contributed by atoms with E-state index < -0.39 is 0 Å². The van der Waals surface area contributed by atoms with E-state index in [0.717, 1.165) is 24.3 Å². The molecule has 4 heteroatoms. The van der Waals surface area contributed by atoms with E-state index in [4.69, 9.17) is 0 Å². The first-order valence-electron chi connectivity index (χ1n) is 7.12. The van der Waals surface area contributed by atoms with Crippen molar-refractivity contribution in [1.29, 1.82) is 0 Å². The normalized spacial score (nSPS) is 25.2. The monoisotopic (exact) mass is 246 g/mol. The van der Waals surface area contributed by atoms with E-state index in [1.165, 1.54) is 45.3 Å². The number of hydrogen-bond acceptors (Lipinski definition) is 4. The van der Waals surface area contributed by atoms with Crippen LogP contribution in [0.2, 0.25) is 0 Å². The predicted octanol–water partition coefficient (Wildman–Crippen LogP) is 1.44. The fourth-order valence-electron chi connectivity index (χ4n) is 2.69. The molecule has 3 rings (SSSR count). The molecule has 2 heterocycles. The third-order valence-electron chi connectivity index (χ3n) is 3.86. The predicted molar refractivity (Wildman–Crippen MR) is 71.1 cm³/mol. The topological polar surface area (TPSA) is 41.1 Å². The van der Waals surface area contributed by atoms with Gasteiger partial charge in [0.15, 0.2) is 0 Å². The molecule has 2 aliphatic rings. The minimum atomic E-state index is 0.808. The maximum Gasteiger partial charge on any atom is 0.142 e. The largest absolute Gasteiger partial charge is 0.314 e. The van der Waals surface area contributed by atoms with Gasteiger partial charge in [0, 0.05) is 25.0 Å². The number of aromatic nitrogens is 2. The van der Waals surface area contributed by atoms with Gasteiger partial charge in [0.05, 0.1) is 6.54 Å². The lowest BCUT2D eigenvalue weighted by Crippen LogP contribution is -2.39. The van der Waals surface area contributed by atoms with Crippen LogP contribution in [0.4, 0.5) is 0 Å². The molecule has 1 atom stereocenters. The molecule has 18 heavy (non-hydrogen) atoms. The van der Waals surface area contributed by atoms with Crippen LogP contribution in [0.15, 0.2) is 18.5 Å². The highest BCUT2D eigenvalue weighted by atomic mass is 15.2. The van der Waals surface area contributed by atoms with Crippen LogP contribution < -0.4 is 5.32 Å². The van der Waals surface area contributed by atoms with Crippen LogP contribution in [0.3, 0.4) is 0 Å². The smallest absolute Gasteiger partial charge is 0.142 e. The Kier molecular flexibility index (Phi) is 3.86. The zero-order chi connectivity index (χ0) is 12.2. The standard InChI is InChI=1S/C14H22N4/c1-3-12(9-17-13-4-5-13)10-18(8-1)11-14-15-6-2-7-16-14/h2,6-7,12-13,17H,1,3-5,8-11H2. The van der Waals surface area contributed by atoms with Gasteiger partial charge in [-0.15, -0.1) is 0 Å². The first kappa shape index (κ1) is 12.1. The van der Waals surface area contributed by atoms with Crippen molar-refractivity contribution in [3.8, 4) is 0 Å². The van der Waals surface area contributed by atoms with Crippen molar-refractivity contribution in [3.05, 3.63) is 24.3 Å². The number of rotatable bonds is 5. The summed E-state index contributed by atoms with van der Waals surface area (Å²) in [6, 6.07) is 2.71. The summed E-state index contributed by atoms with van der Waals surface area (Å²) >= 11 is 0. The number of likely N-dealkylation sites (tertiary alicyclic amines) is 1. The van der Waals surface area contributed by atoms with E-state index in [0.29, 0.717) is 0 Å². The van der Waals surface area contributed by atoms with Gasteiger partial charge >= 0.3 is 0 Å². The molecule has 1 unspecified atom stereocenters. The van der Waals surface area contributed by atoms with Gasteiger partial charge in [0.25, 0.3) is 0 Å². The van der Waals surface area contributed by atoms with Crippen molar-refractivity contribution < 1.29 is 0 Å². The van der Waals surface area contributed by atoms with E-state index >= 15 is 0 Å². The molecular weight excluding hydrogens is 224 g/mol. The summed E-state index contributed by atoms with van der Waals surface area (Å²) in [7, 11) is 0. The van der Waals surface area contributed by atoms with E-state index in [2.05, 4.69) is 20.2 Å². The van der Waals surface area contributed by atoms with Gasteiger partial charge < -0.3 is 5.32 Å². The summed E-state index contributed by atoms with van der Waals surface area (Å²) in [6.07, 6.45) is 9.11. The molecular formula is C14H22N4. The molecule has 1 aliphatic heterocycles. The number of hydrogen-bond donors (Lipinski definition) is 1. The molecule has 1 saturated heterocycles. The van der Waals surface area contributed by atoms with Crippen molar-refractivity contribution in [3.63, 3.8) is 0 Å². The Bertz CT molecular complexity index is 363. The molecule has 0 spiro atoms. The van der Waals surface area contributed by atoms with E-state index in [-0.39, 0.29) is 0 Å². The highest BCUT2D eigenvalue weighted by Crippen LogP contribution is 2.21. The van der Waals surface area contributed by atoms with Gasteiger partial charge in [-0.3, -0.25) is 4.90 Å². The zero-order valence-corrected chi connectivity index (χ0v) is 10.9. The summed E-state index contributed by atoms with van der Waals surface area (Å²) < 4.78 is 0. The molecule has 0 bridgehead atoms. The van der Waals surface area contributed by atoms with Gasteiger partial charge in [-0.05, 0) is 50.8 Å². The Morgan fingerprint density at radius 2 is 2.06 bits per heavy atom. The highest BCUT2D eigenvalue weighted by molar-refractivity contribution is 4.90. The third kappa shape index (κ3) is 3.50.